The number of aryl methyl sites for hydroxylation is 1. The van der Waals surface area contributed by atoms with Crippen LogP contribution in [0.15, 0.2) is 40.8 Å². The highest BCUT2D eigenvalue weighted by atomic mass is 16.5. The fourth-order valence-electron chi connectivity index (χ4n) is 3.40. The summed E-state index contributed by atoms with van der Waals surface area (Å²) < 4.78 is 16.5. The van der Waals surface area contributed by atoms with Gasteiger partial charge in [0.25, 0.3) is 0 Å². The molecule has 1 aliphatic heterocycles. The van der Waals surface area contributed by atoms with Crippen LogP contribution < -0.4 is 10.1 Å². The Morgan fingerprint density at radius 1 is 1.08 bits per heavy atom. The predicted octanol–water partition coefficient (Wildman–Crippen LogP) is 3.54. The van der Waals surface area contributed by atoms with Crippen LogP contribution in [-0.2, 0) is 11.3 Å². The fraction of sp³-hybridized carbons (Fsp3) is 0.524. The molecule has 1 unspecified atom stereocenters. The van der Waals surface area contributed by atoms with E-state index in [1.165, 1.54) is 18.4 Å². The third-order valence-electron chi connectivity index (χ3n) is 4.82. The number of furan rings is 1. The van der Waals surface area contributed by atoms with Crippen molar-refractivity contribution in [3.05, 3.63) is 53.5 Å². The average Bonchev–Trinajstić information content (AvgIpc) is 3.32. The van der Waals surface area contributed by atoms with E-state index in [1.807, 2.05) is 19.1 Å². The molecule has 5 heteroatoms. The van der Waals surface area contributed by atoms with Gasteiger partial charge in [-0.25, -0.2) is 0 Å². The number of methoxy groups -OCH3 is 1. The molecule has 0 aliphatic carbocycles. The Morgan fingerprint density at radius 2 is 1.85 bits per heavy atom. The first kappa shape index (κ1) is 19.0. The number of ether oxygens (including phenoxy) is 2. The van der Waals surface area contributed by atoms with Gasteiger partial charge in [0.05, 0.1) is 12.6 Å². The number of nitrogens with zero attached hydrogens (tertiary/aromatic N) is 1. The smallest absolute Gasteiger partial charge is 0.122 e. The second-order valence-corrected chi connectivity index (χ2v) is 6.82. The maximum atomic E-state index is 5.91. The van der Waals surface area contributed by atoms with Gasteiger partial charge in [0.1, 0.15) is 23.9 Å². The van der Waals surface area contributed by atoms with Gasteiger partial charge in [-0.15, -0.1) is 0 Å². The van der Waals surface area contributed by atoms with Gasteiger partial charge in [0, 0.05) is 20.2 Å². The van der Waals surface area contributed by atoms with Crippen LogP contribution in [0.2, 0.25) is 0 Å². The van der Waals surface area contributed by atoms with Crippen molar-refractivity contribution in [3.63, 3.8) is 0 Å². The quantitative estimate of drug-likeness (QED) is 0.658. The standard InChI is InChI=1S/C21H30N2O3/c1-17-5-10-21(26-17)20(23-11-3-4-12-23)16-22-15-18-6-8-19(9-7-18)25-14-13-24-2/h5-10,20,22H,3-4,11-16H2,1-2H3. The summed E-state index contributed by atoms with van der Waals surface area (Å²) in [6.45, 7) is 7.22. The van der Waals surface area contributed by atoms with Gasteiger partial charge < -0.3 is 19.2 Å². The van der Waals surface area contributed by atoms with E-state index in [2.05, 4.69) is 34.5 Å². The zero-order chi connectivity index (χ0) is 18.2. The number of likely N-dealkylation sites (tertiary alicyclic amines) is 1. The summed E-state index contributed by atoms with van der Waals surface area (Å²) in [6.07, 6.45) is 2.56. The van der Waals surface area contributed by atoms with E-state index in [0.29, 0.717) is 19.3 Å². The van der Waals surface area contributed by atoms with E-state index in [9.17, 15) is 0 Å². The molecule has 0 bridgehead atoms. The van der Waals surface area contributed by atoms with Crippen LogP contribution in [0, 0.1) is 6.92 Å². The lowest BCUT2D eigenvalue weighted by atomic mass is 10.1. The van der Waals surface area contributed by atoms with Crippen molar-refractivity contribution in [1.82, 2.24) is 10.2 Å². The third-order valence-corrected chi connectivity index (χ3v) is 4.82. The minimum absolute atomic E-state index is 0.308. The maximum Gasteiger partial charge on any atom is 0.122 e. The number of benzene rings is 1. The van der Waals surface area contributed by atoms with Crippen LogP contribution in [-0.4, -0.2) is 44.9 Å². The van der Waals surface area contributed by atoms with Crippen molar-refractivity contribution >= 4 is 0 Å². The molecule has 1 aromatic carbocycles. The van der Waals surface area contributed by atoms with Gasteiger partial charge in [-0.05, 0) is 62.7 Å². The van der Waals surface area contributed by atoms with Gasteiger partial charge in [-0.3, -0.25) is 4.90 Å². The lowest BCUT2D eigenvalue weighted by Crippen LogP contribution is -2.33. The monoisotopic (exact) mass is 358 g/mol. The summed E-state index contributed by atoms with van der Waals surface area (Å²) in [5, 5.41) is 3.60. The minimum atomic E-state index is 0.308. The van der Waals surface area contributed by atoms with E-state index in [1.54, 1.807) is 7.11 Å². The second-order valence-electron chi connectivity index (χ2n) is 6.82. The van der Waals surface area contributed by atoms with Crippen LogP contribution >= 0.6 is 0 Å². The van der Waals surface area contributed by atoms with Gasteiger partial charge in [0.15, 0.2) is 0 Å². The molecule has 1 aliphatic rings. The molecule has 5 nitrogen and oxygen atoms in total. The van der Waals surface area contributed by atoms with Crippen molar-refractivity contribution in [1.29, 1.82) is 0 Å². The molecule has 3 rings (SSSR count). The molecule has 1 fully saturated rings. The number of rotatable bonds is 10. The number of hydrogen-bond donors (Lipinski definition) is 1. The van der Waals surface area contributed by atoms with Crippen LogP contribution in [0.25, 0.3) is 0 Å². The zero-order valence-corrected chi connectivity index (χ0v) is 15.9. The predicted molar refractivity (Wildman–Crippen MR) is 103 cm³/mol. The van der Waals surface area contributed by atoms with Crippen LogP contribution in [0.3, 0.4) is 0 Å². The van der Waals surface area contributed by atoms with Crippen molar-refractivity contribution in [2.75, 3.05) is 40.0 Å². The second kappa shape index (κ2) is 9.76. The summed E-state index contributed by atoms with van der Waals surface area (Å²) in [5.41, 5.74) is 1.25. The van der Waals surface area contributed by atoms with Crippen LogP contribution in [0.5, 0.6) is 5.75 Å². The van der Waals surface area contributed by atoms with Crippen LogP contribution in [0.1, 0.15) is 36.0 Å². The van der Waals surface area contributed by atoms with Gasteiger partial charge in [-0.2, -0.15) is 0 Å². The highest BCUT2D eigenvalue weighted by Crippen LogP contribution is 2.26. The topological polar surface area (TPSA) is 46.9 Å². The average molecular weight is 358 g/mol. The van der Waals surface area contributed by atoms with Crippen LogP contribution in [0.4, 0.5) is 0 Å². The van der Waals surface area contributed by atoms with E-state index < -0.39 is 0 Å². The Labute approximate surface area is 156 Å². The molecule has 2 aromatic rings. The molecule has 26 heavy (non-hydrogen) atoms. The van der Waals surface area contributed by atoms with Gasteiger partial charge in [0.2, 0.25) is 0 Å². The molecule has 1 aromatic heterocycles. The minimum Gasteiger partial charge on any atom is -0.491 e. The lowest BCUT2D eigenvalue weighted by molar-refractivity contribution is 0.146. The first-order valence-electron chi connectivity index (χ1n) is 9.48. The Bertz CT molecular complexity index is 648. The van der Waals surface area contributed by atoms with E-state index >= 15 is 0 Å². The molecule has 142 valence electrons. The third kappa shape index (κ3) is 5.34. The zero-order valence-electron chi connectivity index (χ0n) is 15.9. The summed E-state index contributed by atoms with van der Waals surface area (Å²) in [5.74, 6) is 2.93. The number of nitrogens with one attached hydrogen (secondary N) is 1. The van der Waals surface area contributed by atoms with E-state index in [4.69, 9.17) is 13.9 Å². The fourth-order valence-corrected chi connectivity index (χ4v) is 3.40. The first-order valence-corrected chi connectivity index (χ1v) is 9.48. The summed E-state index contributed by atoms with van der Waals surface area (Å²) in [4.78, 5) is 2.53. The molecule has 0 amide bonds. The van der Waals surface area contributed by atoms with Crippen molar-refractivity contribution in [2.24, 2.45) is 0 Å². The van der Waals surface area contributed by atoms with Gasteiger partial charge >= 0.3 is 0 Å². The lowest BCUT2D eigenvalue weighted by Gasteiger charge is -2.26. The molecule has 0 saturated carbocycles. The summed E-state index contributed by atoms with van der Waals surface area (Å²) >= 11 is 0. The molecular weight excluding hydrogens is 328 g/mol. The van der Waals surface area contributed by atoms with Crippen molar-refractivity contribution < 1.29 is 13.9 Å². The molecule has 1 atom stereocenters. The Morgan fingerprint density at radius 3 is 2.50 bits per heavy atom. The Kier molecular flexibility index (Phi) is 7.12. The van der Waals surface area contributed by atoms with Crippen molar-refractivity contribution in [3.8, 4) is 5.75 Å². The van der Waals surface area contributed by atoms with Crippen molar-refractivity contribution in [2.45, 2.75) is 32.4 Å². The first-order chi connectivity index (χ1) is 12.8. The molecule has 2 heterocycles. The SMILES string of the molecule is COCCOc1ccc(CNCC(c2ccc(C)o2)N2CCCC2)cc1. The number of hydrogen-bond acceptors (Lipinski definition) is 5. The Hall–Kier alpha value is -1.82. The molecule has 1 N–H and O–H groups in total. The molecule has 1 saturated heterocycles. The summed E-state index contributed by atoms with van der Waals surface area (Å²) in [6, 6.07) is 12.7. The molecule has 0 radical (unpaired) electrons. The maximum absolute atomic E-state index is 5.91. The highest BCUT2D eigenvalue weighted by Gasteiger charge is 2.25. The molecular formula is C21H30N2O3. The van der Waals surface area contributed by atoms with E-state index in [0.717, 1.165) is 43.4 Å². The summed E-state index contributed by atoms with van der Waals surface area (Å²) in [7, 11) is 1.68. The normalized spacial score (nSPS) is 16.1. The van der Waals surface area contributed by atoms with Gasteiger partial charge in [-0.1, -0.05) is 12.1 Å². The Balaban J connectivity index is 1.51. The largest absolute Gasteiger partial charge is 0.491 e. The molecule has 0 spiro atoms. The van der Waals surface area contributed by atoms with E-state index in [-0.39, 0.29) is 0 Å². The highest BCUT2D eigenvalue weighted by molar-refractivity contribution is 5.27.